The van der Waals surface area contributed by atoms with E-state index in [0.29, 0.717) is 12.0 Å². The summed E-state index contributed by atoms with van der Waals surface area (Å²) >= 11 is 0. The zero-order valence-corrected chi connectivity index (χ0v) is 9.12. The van der Waals surface area contributed by atoms with Crippen molar-refractivity contribution in [3.05, 3.63) is 47.3 Å². The van der Waals surface area contributed by atoms with Crippen LogP contribution in [0.4, 0.5) is 0 Å². The van der Waals surface area contributed by atoms with E-state index < -0.39 is 5.97 Å². The van der Waals surface area contributed by atoms with Crippen LogP contribution in [0.15, 0.2) is 30.3 Å². The van der Waals surface area contributed by atoms with Gasteiger partial charge in [0.15, 0.2) is 12.0 Å². The SMILES string of the molecule is Cc1ccc(-n2nc(C(=O)O)cc2C=O)cc1. The molecule has 0 aliphatic heterocycles. The Morgan fingerprint density at radius 2 is 2.00 bits per heavy atom. The van der Waals surface area contributed by atoms with Crippen LogP contribution in [0.2, 0.25) is 0 Å². The Morgan fingerprint density at radius 3 is 2.53 bits per heavy atom. The second-order valence-electron chi connectivity index (χ2n) is 3.62. The van der Waals surface area contributed by atoms with Crippen molar-refractivity contribution in [3.8, 4) is 5.69 Å². The molecule has 1 aromatic carbocycles. The summed E-state index contributed by atoms with van der Waals surface area (Å²) in [5.74, 6) is -1.15. The van der Waals surface area contributed by atoms with E-state index in [-0.39, 0.29) is 11.4 Å². The number of carbonyl (C=O) groups is 2. The Labute approximate surface area is 97.3 Å². The number of nitrogens with zero attached hydrogens (tertiary/aromatic N) is 2. The van der Waals surface area contributed by atoms with Crippen LogP contribution in [0.1, 0.15) is 26.5 Å². The lowest BCUT2D eigenvalue weighted by molar-refractivity contribution is 0.0690. The van der Waals surface area contributed by atoms with E-state index in [0.717, 1.165) is 5.56 Å². The van der Waals surface area contributed by atoms with Crippen molar-refractivity contribution in [2.75, 3.05) is 0 Å². The Bertz CT molecular complexity index is 570. The number of aldehydes is 1. The summed E-state index contributed by atoms with van der Waals surface area (Å²) in [6.07, 6.45) is 0.583. The fourth-order valence-corrected chi connectivity index (χ4v) is 1.48. The van der Waals surface area contributed by atoms with E-state index in [1.165, 1.54) is 10.7 Å². The molecule has 0 bridgehead atoms. The van der Waals surface area contributed by atoms with E-state index in [4.69, 9.17) is 5.11 Å². The van der Waals surface area contributed by atoms with E-state index in [9.17, 15) is 9.59 Å². The van der Waals surface area contributed by atoms with Crippen molar-refractivity contribution in [1.29, 1.82) is 0 Å². The summed E-state index contributed by atoms with van der Waals surface area (Å²) < 4.78 is 1.32. The van der Waals surface area contributed by atoms with E-state index >= 15 is 0 Å². The molecule has 1 aromatic heterocycles. The van der Waals surface area contributed by atoms with Gasteiger partial charge in [0.25, 0.3) is 0 Å². The quantitative estimate of drug-likeness (QED) is 0.814. The summed E-state index contributed by atoms with van der Waals surface area (Å²) in [5, 5.41) is 12.7. The van der Waals surface area contributed by atoms with Gasteiger partial charge >= 0.3 is 5.97 Å². The third-order valence-electron chi connectivity index (χ3n) is 2.36. The Balaban J connectivity index is 2.54. The van der Waals surface area contributed by atoms with Gasteiger partial charge in [-0.25, -0.2) is 9.48 Å². The number of carboxylic acid groups (broad SMARTS) is 1. The van der Waals surface area contributed by atoms with Gasteiger partial charge in [0, 0.05) is 6.07 Å². The summed E-state index contributed by atoms with van der Waals surface area (Å²) in [4.78, 5) is 21.6. The van der Waals surface area contributed by atoms with Crippen LogP contribution in [0.5, 0.6) is 0 Å². The summed E-state index contributed by atoms with van der Waals surface area (Å²) in [6.45, 7) is 1.94. The highest BCUT2D eigenvalue weighted by Crippen LogP contribution is 2.12. The number of hydrogen-bond acceptors (Lipinski definition) is 3. The number of aromatic carboxylic acids is 1. The molecule has 1 heterocycles. The second-order valence-corrected chi connectivity index (χ2v) is 3.62. The molecule has 17 heavy (non-hydrogen) atoms. The lowest BCUT2D eigenvalue weighted by Crippen LogP contribution is -2.03. The van der Waals surface area contributed by atoms with Gasteiger partial charge in [0.1, 0.15) is 5.69 Å². The van der Waals surface area contributed by atoms with E-state index in [1.807, 2.05) is 19.1 Å². The monoisotopic (exact) mass is 230 g/mol. The highest BCUT2D eigenvalue weighted by molar-refractivity contribution is 5.88. The first-order valence-electron chi connectivity index (χ1n) is 4.97. The Morgan fingerprint density at radius 1 is 1.35 bits per heavy atom. The molecule has 5 heteroatoms. The number of hydrogen-bond donors (Lipinski definition) is 1. The largest absolute Gasteiger partial charge is 0.476 e. The van der Waals surface area contributed by atoms with Crippen molar-refractivity contribution in [2.45, 2.75) is 6.92 Å². The zero-order chi connectivity index (χ0) is 12.4. The molecule has 0 unspecified atom stereocenters. The van der Waals surface area contributed by atoms with Crippen LogP contribution in [0.3, 0.4) is 0 Å². The van der Waals surface area contributed by atoms with Crippen molar-refractivity contribution < 1.29 is 14.7 Å². The van der Waals surface area contributed by atoms with Gasteiger partial charge in [0.2, 0.25) is 0 Å². The Kier molecular flexibility index (Phi) is 2.74. The predicted molar refractivity (Wildman–Crippen MR) is 60.6 cm³/mol. The van der Waals surface area contributed by atoms with E-state index in [1.54, 1.807) is 12.1 Å². The first-order chi connectivity index (χ1) is 8.11. The van der Waals surface area contributed by atoms with Gasteiger partial charge in [-0.05, 0) is 19.1 Å². The standard InChI is InChI=1S/C12H10N2O3/c1-8-2-4-9(5-3-8)14-10(7-15)6-11(13-14)12(16)17/h2-7H,1H3,(H,16,17). The number of carbonyl (C=O) groups excluding carboxylic acids is 1. The van der Waals surface area contributed by atoms with Gasteiger partial charge < -0.3 is 5.11 Å². The van der Waals surface area contributed by atoms with Crippen LogP contribution in [0, 0.1) is 6.92 Å². The maximum absolute atomic E-state index is 10.8. The predicted octanol–water partition coefficient (Wildman–Crippen LogP) is 1.69. The second kappa shape index (κ2) is 4.21. The molecule has 0 amide bonds. The van der Waals surface area contributed by atoms with Crippen molar-refractivity contribution in [3.63, 3.8) is 0 Å². The first kappa shape index (κ1) is 11.1. The molecule has 0 aliphatic carbocycles. The molecule has 86 valence electrons. The molecule has 1 N–H and O–H groups in total. The van der Waals surface area contributed by atoms with Crippen molar-refractivity contribution in [1.82, 2.24) is 9.78 Å². The normalized spacial score (nSPS) is 10.2. The highest BCUT2D eigenvalue weighted by Gasteiger charge is 2.13. The summed E-state index contributed by atoms with van der Waals surface area (Å²) in [7, 11) is 0. The van der Waals surface area contributed by atoms with E-state index in [2.05, 4.69) is 5.10 Å². The van der Waals surface area contributed by atoms with Crippen LogP contribution >= 0.6 is 0 Å². The number of benzene rings is 1. The molecule has 2 rings (SSSR count). The molecule has 5 nitrogen and oxygen atoms in total. The minimum atomic E-state index is -1.15. The molecule has 2 aromatic rings. The topological polar surface area (TPSA) is 72.2 Å². The van der Waals surface area contributed by atoms with Gasteiger partial charge in [-0.2, -0.15) is 5.10 Å². The summed E-state index contributed by atoms with van der Waals surface area (Å²) in [5.41, 5.74) is 1.80. The number of rotatable bonds is 3. The average molecular weight is 230 g/mol. The van der Waals surface area contributed by atoms with Gasteiger partial charge in [-0.3, -0.25) is 4.79 Å². The van der Waals surface area contributed by atoms with Crippen LogP contribution in [-0.4, -0.2) is 27.1 Å². The third kappa shape index (κ3) is 2.08. The molecule has 0 aliphatic rings. The van der Waals surface area contributed by atoms with Gasteiger partial charge in [-0.15, -0.1) is 0 Å². The molecular formula is C12H10N2O3. The number of carboxylic acids is 1. The molecule has 0 fully saturated rings. The molecule has 0 saturated carbocycles. The maximum Gasteiger partial charge on any atom is 0.356 e. The lowest BCUT2D eigenvalue weighted by atomic mass is 10.2. The molecule has 0 spiro atoms. The van der Waals surface area contributed by atoms with Crippen molar-refractivity contribution in [2.24, 2.45) is 0 Å². The maximum atomic E-state index is 10.8. The summed E-state index contributed by atoms with van der Waals surface area (Å²) in [6, 6.07) is 8.54. The minimum absolute atomic E-state index is 0.146. The fraction of sp³-hybridized carbons (Fsp3) is 0.0833. The van der Waals surface area contributed by atoms with Crippen LogP contribution < -0.4 is 0 Å². The number of aryl methyl sites for hydroxylation is 1. The van der Waals surface area contributed by atoms with Crippen LogP contribution in [-0.2, 0) is 0 Å². The van der Waals surface area contributed by atoms with Gasteiger partial charge in [-0.1, -0.05) is 17.7 Å². The molecule has 0 saturated heterocycles. The average Bonchev–Trinajstić information content (AvgIpc) is 2.74. The van der Waals surface area contributed by atoms with Gasteiger partial charge in [0.05, 0.1) is 5.69 Å². The fourth-order valence-electron chi connectivity index (χ4n) is 1.48. The lowest BCUT2D eigenvalue weighted by Gasteiger charge is -2.03. The zero-order valence-electron chi connectivity index (χ0n) is 9.12. The smallest absolute Gasteiger partial charge is 0.356 e. The molecular weight excluding hydrogens is 220 g/mol. The Hall–Kier alpha value is -2.43. The molecule has 0 atom stereocenters. The van der Waals surface area contributed by atoms with Crippen LogP contribution in [0.25, 0.3) is 5.69 Å². The minimum Gasteiger partial charge on any atom is -0.476 e. The molecule has 0 radical (unpaired) electrons. The first-order valence-corrected chi connectivity index (χ1v) is 4.97. The number of aromatic nitrogens is 2. The van der Waals surface area contributed by atoms with Crippen molar-refractivity contribution >= 4 is 12.3 Å². The highest BCUT2D eigenvalue weighted by atomic mass is 16.4. The third-order valence-corrected chi connectivity index (χ3v) is 2.36.